The molecular formula is C17H15N5O2. The van der Waals surface area contributed by atoms with E-state index in [1.54, 1.807) is 36.7 Å². The maximum Gasteiger partial charge on any atom is 0.261 e. The molecule has 0 saturated heterocycles. The Morgan fingerprint density at radius 3 is 2.54 bits per heavy atom. The molecule has 1 aromatic carbocycles. The van der Waals surface area contributed by atoms with Gasteiger partial charge in [0.05, 0.1) is 29.0 Å². The molecule has 0 spiro atoms. The van der Waals surface area contributed by atoms with E-state index in [2.05, 4.69) is 15.2 Å². The molecule has 2 aromatic heterocycles. The highest BCUT2D eigenvalue weighted by Crippen LogP contribution is 2.22. The SMILES string of the molecule is N[C@@H](Cc1cc2cn[nH]c2cn1)CN1C(=O)c2ccccc2C1=O. The first-order valence-electron chi connectivity index (χ1n) is 7.62. The Balaban J connectivity index is 1.49. The number of nitrogens with zero attached hydrogens (tertiary/aromatic N) is 3. The van der Waals surface area contributed by atoms with Crippen molar-refractivity contribution in [2.45, 2.75) is 12.5 Å². The van der Waals surface area contributed by atoms with Crippen LogP contribution in [0.15, 0.2) is 42.7 Å². The highest BCUT2D eigenvalue weighted by atomic mass is 16.2. The second kappa shape index (κ2) is 5.54. The molecule has 3 aromatic rings. The zero-order valence-corrected chi connectivity index (χ0v) is 12.8. The van der Waals surface area contributed by atoms with Crippen LogP contribution in [0.4, 0.5) is 0 Å². The van der Waals surface area contributed by atoms with Gasteiger partial charge in [0.25, 0.3) is 11.8 Å². The zero-order valence-electron chi connectivity index (χ0n) is 12.8. The molecule has 3 heterocycles. The normalized spacial score (nSPS) is 15.1. The number of H-pyrrole nitrogens is 1. The number of nitrogens with two attached hydrogens (primary N) is 1. The predicted molar refractivity (Wildman–Crippen MR) is 87.4 cm³/mol. The summed E-state index contributed by atoms with van der Waals surface area (Å²) in [5.41, 5.74) is 8.68. The number of carbonyl (C=O) groups excluding carboxylic acids is 2. The molecule has 1 atom stereocenters. The van der Waals surface area contributed by atoms with Gasteiger partial charge in [-0.25, -0.2) is 0 Å². The summed E-state index contributed by atoms with van der Waals surface area (Å²) in [5, 5.41) is 7.74. The summed E-state index contributed by atoms with van der Waals surface area (Å²) in [4.78, 5) is 30.3. The second-order valence-corrected chi connectivity index (χ2v) is 5.86. The second-order valence-electron chi connectivity index (χ2n) is 5.86. The lowest BCUT2D eigenvalue weighted by molar-refractivity contribution is 0.0644. The summed E-state index contributed by atoms with van der Waals surface area (Å²) >= 11 is 0. The van der Waals surface area contributed by atoms with Gasteiger partial charge in [-0.3, -0.25) is 24.6 Å². The molecular weight excluding hydrogens is 306 g/mol. The van der Waals surface area contributed by atoms with Gasteiger partial charge in [0, 0.05) is 30.1 Å². The van der Waals surface area contributed by atoms with Crippen LogP contribution >= 0.6 is 0 Å². The fourth-order valence-electron chi connectivity index (χ4n) is 2.97. The number of hydrogen-bond donors (Lipinski definition) is 2. The average Bonchev–Trinajstić information content (AvgIpc) is 3.14. The summed E-state index contributed by atoms with van der Waals surface area (Å²) in [6, 6.07) is 8.34. The van der Waals surface area contributed by atoms with Crippen molar-refractivity contribution in [2.24, 2.45) is 5.73 Å². The van der Waals surface area contributed by atoms with Crippen LogP contribution in [-0.2, 0) is 6.42 Å². The Hall–Kier alpha value is -3.06. The number of aromatic amines is 1. The van der Waals surface area contributed by atoms with E-state index < -0.39 is 0 Å². The van der Waals surface area contributed by atoms with Crippen molar-refractivity contribution in [1.82, 2.24) is 20.1 Å². The van der Waals surface area contributed by atoms with Crippen LogP contribution in [0.5, 0.6) is 0 Å². The Kier molecular flexibility index (Phi) is 3.35. The Morgan fingerprint density at radius 2 is 1.83 bits per heavy atom. The van der Waals surface area contributed by atoms with Crippen LogP contribution < -0.4 is 5.73 Å². The van der Waals surface area contributed by atoms with E-state index in [9.17, 15) is 9.59 Å². The molecule has 1 aliphatic heterocycles. The van der Waals surface area contributed by atoms with Gasteiger partial charge in [0.2, 0.25) is 0 Å². The van der Waals surface area contributed by atoms with Crippen molar-refractivity contribution >= 4 is 22.7 Å². The minimum absolute atomic E-state index is 0.164. The van der Waals surface area contributed by atoms with E-state index in [-0.39, 0.29) is 24.4 Å². The van der Waals surface area contributed by atoms with Gasteiger partial charge in [-0.2, -0.15) is 5.10 Å². The lowest BCUT2D eigenvalue weighted by Crippen LogP contribution is -2.42. The minimum Gasteiger partial charge on any atom is -0.326 e. The van der Waals surface area contributed by atoms with Crippen LogP contribution in [0.1, 0.15) is 26.4 Å². The monoisotopic (exact) mass is 321 g/mol. The summed E-state index contributed by atoms with van der Waals surface area (Å²) in [6.07, 6.45) is 3.89. The summed E-state index contributed by atoms with van der Waals surface area (Å²) in [6.45, 7) is 0.164. The Morgan fingerprint density at radius 1 is 1.12 bits per heavy atom. The molecule has 0 saturated carbocycles. The van der Waals surface area contributed by atoms with Crippen molar-refractivity contribution < 1.29 is 9.59 Å². The molecule has 0 radical (unpaired) electrons. The van der Waals surface area contributed by atoms with E-state index in [0.29, 0.717) is 17.5 Å². The first kappa shape index (κ1) is 14.5. The first-order valence-corrected chi connectivity index (χ1v) is 7.62. The molecule has 7 nitrogen and oxygen atoms in total. The summed E-state index contributed by atoms with van der Waals surface area (Å²) in [7, 11) is 0. The maximum atomic E-state index is 12.4. The van der Waals surface area contributed by atoms with E-state index >= 15 is 0 Å². The highest BCUT2D eigenvalue weighted by molar-refractivity contribution is 6.21. The molecule has 0 unspecified atom stereocenters. The van der Waals surface area contributed by atoms with E-state index in [4.69, 9.17) is 5.73 Å². The number of nitrogens with one attached hydrogen (secondary N) is 1. The number of hydrogen-bond acceptors (Lipinski definition) is 5. The van der Waals surface area contributed by atoms with Crippen molar-refractivity contribution in [2.75, 3.05) is 6.54 Å². The molecule has 3 N–H and O–H groups in total. The molecule has 0 fully saturated rings. The van der Waals surface area contributed by atoms with Crippen molar-refractivity contribution in [3.63, 3.8) is 0 Å². The van der Waals surface area contributed by atoms with Gasteiger partial charge in [0.15, 0.2) is 0 Å². The Labute approximate surface area is 137 Å². The first-order chi connectivity index (χ1) is 11.6. The summed E-state index contributed by atoms with van der Waals surface area (Å²) in [5.74, 6) is -0.575. The minimum atomic E-state index is -0.385. The topological polar surface area (TPSA) is 105 Å². The lowest BCUT2D eigenvalue weighted by Gasteiger charge is -2.19. The maximum absolute atomic E-state index is 12.4. The zero-order chi connectivity index (χ0) is 16.7. The van der Waals surface area contributed by atoms with Crippen molar-refractivity contribution in [1.29, 1.82) is 0 Å². The van der Waals surface area contributed by atoms with Crippen molar-refractivity contribution in [3.8, 4) is 0 Å². The third kappa shape index (κ3) is 2.35. The molecule has 0 aliphatic carbocycles. The van der Waals surface area contributed by atoms with Gasteiger partial charge < -0.3 is 5.73 Å². The number of pyridine rings is 1. The number of amides is 2. The number of fused-ring (bicyclic) bond motifs is 2. The largest absolute Gasteiger partial charge is 0.326 e. The fourth-order valence-corrected chi connectivity index (χ4v) is 2.97. The standard InChI is InChI=1S/C17H15N5O2/c18-11(6-12-5-10-7-20-21-15(10)8-19-12)9-22-16(23)13-3-1-2-4-14(13)17(22)24/h1-5,7-8,11H,6,9,18H2,(H,20,21)/t11-/m0/s1. The third-order valence-corrected chi connectivity index (χ3v) is 4.15. The summed E-state index contributed by atoms with van der Waals surface area (Å²) < 4.78 is 0. The van der Waals surface area contributed by atoms with Crippen molar-refractivity contribution in [3.05, 3.63) is 59.5 Å². The Bertz CT molecular complexity index is 914. The predicted octanol–water partition coefficient (Wildman–Crippen LogP) is 1.12. The number of carbonyl (C=O) groups is 2. The van der Waals surface area contributed by atoms with Crippen LogP contribution in [0.2, 0.25) is 0 Å². The molecule has 7 heteroatoms. The average molecular weight is 321 g/mol. The van der Waals surface area contributed by atoms with Gasteiger partial charge in [-0.05, 0) is 18.2 Å². The van der Waals surface area contributed by atoms with Gasteiger partial charge in [-0.1, -0.05) is 12.1 Å². The smallest absolute Gasteiger partial charge is 0.261 e. The van der Waals surface area contributed by atoms with Gasteiger partial charge in [0.1, 0.15) is 0 Å². The number of aromatic nitrogens is 3. The van der Waals surface area contributed by atoms with Crippen LogP contribution in [0.25, 0.3) is 10.9 Å². The highest BCUT2D eigenvalue weighted by Gasteiger charge is 2.35. The van der Waals surface area contributed by atoms with E-state index in [1.807, 2.05) is 6.07 Å². The number of rotatable bonds is 4. The lowest BCUT2D eigenvalue weighted by atomic mass is 10.1. The van der Waals surface area contributed by atoms with Gasteiger partial charge in [-0.15, -0.1) is 0 Å². The fraction of sp³-hybridized carbons (Fsp3) is 0.176. The van der Waals surface area contributed by atoms with E-state index in [0.717, 1.165) is 16.6 Å². The van der Waals surface area contributed by atoms with Gasteiger partial charge >= 0.3 is 0 Å². The van der Waals surface area contributed by atoms with E-state index in [1.165, 1.54) is 4.90 Å². The number of imide groups is 1. The number of benzene rings is 1. The molecule has 120 valence electrons. The molecule has 1 aliphatic rings. The third-order valence-electron chi connectivity index (χ3n) is 4.15. The quantitative estimate of drug-likeness (QED) is 0.701. The van der Waals surface area contributed by atoms with Crippen LogP contribution in [-0.4, -0.2) is 44.5 Å². The van der Waals surface area contributed by atoms with Crippen LogP contribution in [0, 0.1) is 0 Å². The van der Waals surface area contributed by atoms with Crippen LogP contribution in [0.3, 0.4) is 0 Å². The molecule has 0 bridgehead atoms. The molecule has 4 rings (SSSR count). The molecule has 24 heavy (non-hydrogen) atoms. The molecule has 2 amide bonds.